The summed E-state index contributed by atoms with van der Waals surface area (Å²) in [6, 6.07) is 0. The van der Waals surface area contributed by atoms with Crippen molar-refractivity contribution in [2.75, 3.05) is 28.4 Å². The van der Waals surface area contributed by atoms with E-state index in [1.54, 1.807) is 0 Å². The summed E-state index contributed by atoms with van der Waals surface area (Å²) in [5, 5.41) is 0. The SMILES string of the molecule is COC(=O)C1=C(C(=O)OC)SC([S-])=C([S-])S1.COC(=O)C1=C(C(=O)OC)SC([S-])=C([S-])S1.[Ni+2]. The molecule has 184 valence electrons. The second-order valence-corrected chi connectivity index (χ2v) is 11.6. The molecule has 0 unspecified atom stereocenters. The van der Waals surface area contributed by atoms with Gasteiger partial charge in [-0.1, -0.05) is 0 Å². The molecule has 0 amide bonds. The smallest absolute Gasteiger partial charge is 0.774 e. The molecule has 0 aromatic rings. The number of hydrogen-bond donors (Lipinski definition) is 0. The molecule has 0 aliphatic carbocycles. The van der Waals surface area contributed by atoms with Crippen molar-refractivity contribution in [2.24, 2.45) is 0 Å². The van der Waals surface area contributed by atoms with E-state index >= 15 is 0 Å². The van der Waals surface area contributed by atoms with Gasteiger partial charge < -0.3 is 69.5 Å². The molecule has 0 bridgehead atoms. The number of carbonyl (C=O) groups excluding carboxylic acids is 4. The van der Waals surface area contributed by atoms with Gasteiger partial charge >= 0.3 is 40.4 Å². The molecule has 8 nitrogen and oxygen atoms in total. The van der Waals surface area contributed by atoms with Crippen molar-refractivity contribution >= 4 is 121 Å². The Bertz CT molecular complexity index is 808. The van der Waals surface area contributed by atoms with Crippen LogP contribution in [0.2, 0.25) is 0 Å². The van der Waals surface area contributed by atoms with E-state index in [4.69, 9.17) is 50.5 Å². The van der Waals surface area contributed by atoms with Crippen molar-refractivity contribution in [1.82, 2.24) is 0 Å². The number of esters is 4. The summed E-state index contributed by atoms with van der Waals surface area (Å²) in [6.07, 6.45) is 0. The maximum Gasteiger partial charge on any atom is 2.00 e. The summed E-state index contributed by atoms with van der Waals surface area (Å²) in [5.74, 6) is -2.49. The number of hydrogen-bond acceptors (Lipinski definition) is 16. The van der Waals surface area contributed by atoms with Crippen LogP contribution in [0.4, 0.5) is 0 Å². The largest absolute Gasteiger partial charge is 2.00 e. The molecule has 0 spiro atoms. The topological polar surface area (TPSA) is 105 Å². The van der Waals surface area contributed by atoms with Crippen molar-refractivity contribution in [3.63, 3.8) is 0 Å². The van der Waals surface area contributed by atoms with Crippen LogP contribution in [0, 0.1) is 0 Å². The van der Waals surface area contributed by atoms with Crippen LogP contribution >= 0.6 is 47.0 Å². The maximum atomic E-state index is 11.4. The van der Waals surface area contributed by atoms with E-state index in [0.717, 1.165) is 47.0 Å². The number of rotatable bonds is 4. The van der Waals surface area contributed by atoms with Crippen LogP contribution in [0.3, 0.4) is 0 Å². The molecular formula is C16H12NiO8S8-2. The summed E-state index contributed by atoms with van der Waals surface area (Å²) < 4.78 is 19.8. The van der Waals surface area contributed by atoms with Gasteiger partial charge in [0.25, 0.3) is 0 Å². The predicted molar refractivity (Wildman–Crippen MR) is 136 cm³/mol. The standard InChI is InChI=1S/2C8H8O4S4.Ni/c2*1-11-5(9)3-4(6(10)12-2)16-8(14)7(13)15-3;/h2*13-14H,1-2H3;/q;;+2/p-4. The van der Waals surface area contributed by atoms with Crippen LogP contribution in [0.25, 0.3) is 0 Å². The minimum atomic E-state index is -0.622. The van der Waals surface area contributed by atoms with E-state index in [0.29, 0.717) is 16.9 Å². The van der Waals surface area contributed by atoms with Crippen molar-refractivity contribution in [2.45, 2.75) is 0 Å². The summed E-state index contributed by atoms with van der Waals surface area (Å²) in [6.45, 7) is 0. The van der Waals surface area contributed by atoms with Crippen molar-refractivity contribution in [3.05, 3.63) is 36.6 Å². The molecule has 0 fully saturated rings. The number of methoxy groups -OCH3 is 4. The van der Waals surface area contributed by atoms with Gasteiger partial charge in [0.2, 0.25) is 0 Å². The van der Waals surface area contributed by atoms with Gasteiger partial charge in [0.05, 0.1) is 28.4 Å². The second-order valence-electron chi connectivity index (χ2n) is 4.84. The fourth-order valence-electron chi connectivity index (χ4n) is 1.63. The van der Waals surface area contributed by atoms with E-state index < -0.39 is 23.9 Å². The zero-order valence-corrected chi connectivity index (χ0v) is 24.4. The molecule has 0 saturated carbocycles. The van der Waals surface area contributed by atoms with Crippen LogP contribution in [0.5, 0.6) is 0 Å². The third-order valence-corrected chi connectivity index (χ3v) is 9.97. The Morgan fingerprint density at radius 3 is 0.758 bits per heavy atom. The van der Waals surface area contributed by atoms with Gasteiger partial charge in [-0.05, 0) is 0 Å². The first-order valence-corrected chi connectivity index (χ1v) is 12.6. The number of carbonyl (C=O) groups is 4. The zero-order chi connectivity index (χ0) is 24.6. The van der Waals surface area contributed by atoms with Crippen LogP contribution in [-0.4, -0.2) is 52.3 Å². The summed E-state index contributed by atoms with van der Waals surface area (Å²) >= 11 is 23.6. The van der Waals surface area contributed by atoms with Crippen LogP contribution < -0.4 is 0 Å². The van der Waals surface area contributed by atoms with Crippen LogP contribution in [0.1, 0.15) is 0 Å². The molecule has 2 heterocycles. The fraction of sp³-hybridized carbons (Fsp3) is 0.250. The first-order chi connectivity index (χ1) is 15.0. The van der Waals surface area contributed by atoms with Crippen molar-refractivity contribution < 1.29 is 54.6 Å². The van der Waals surface area contributed by atoms with Gasteiger partial charge in [0.1, 0.15) is 19.6 Å². The maximum absolute atomic E-state index is 11.4. The Labute approximate surface area is 239 Å². The average molecular weight is 647 g/mol. The third-order valence-electron chi connectivity index (χ3n) is 3.01. The minimum absolute atomic E-state index is 0. The Balaban J connectivity index is 0.000000602. The van der Waals surface area contributed by atoms with E-state index in [9.17, 15) is 19.2 Å². The quantitative estimate of drug-likeness (QED) is 0.193. The Kier molecular flexibility index (Phi) is 15.4. The van der Waals surface area contributed by atoms with Gasteiger partial charge in [-0.3, -0.25) is 0 Å². The normalized spacial score (nSPS) is 15.6. The first kappa shape index (κ1) is 32.6. The zero-order valence-electron chi connectivity index (χ0n) is 16.8. The van der Waals surface area contributed by atoms with E-state index in [1.807, 2.05) is 0 Å². The van der Waals surface area contributed by atoms with Crippen molar-refractivity contribution in [1.29, 1.82) is 0 Å². The molecule has 2 rings (SSSR count). The second kappa shape index (κ2) is 15.6. The number of ether oxygens (including phenoxy) is 4. The molecule has 17 heteroatoms. The molecule has 0 aromatic heterocycles. The molecule has 0 saturated heterocycles. The van der Waals surface area contributed by atoms with E-state index in [1.165, 1.54) is 28.4 Å². The summed E-state index contributed by atoms with van der Waals surface area (Å²) in [4.78, 5) is 46.2. The molecular weight excluding hydrogens is 635 g/mol. The molecule has 0 N–H and O–H groups in total. The molecule has 0 aromatic carbocycles. The minimum Gasteiger partial charge on any atom is -0.774 e. The van der Waals surface area contributed by atoms with Gasteiger partial charge in [-0.15, -0.1) is 64.0 Å². The van der Waals surface area contributed by atoms with Crippen LogP contribution in [0.15, 0.2) is 36.6 Å². The molecule has 2 aliphatic heterocycles. The van der Waals surface area contributed by atoms with Gasteiger partial charge in [-0.2, -0.15) is 0 Å². The Morgan fingerprint density at radius 2 is 0.636 bits per heavy atom. The van der Waals surface area contributed by atoms with Crippen LogP contribution in [-0.2, 0) is 105 Å². The Hall–Kier alpha value is -0.386. The first-order valence-electron chi connectivity index (χ1n) is 7.72. The Morgan fingerprint density at radius 1 is 0.485 bits per heavy atom. The molecule has 0 atom stereocenters. The fourth-order valence-corrected chi connectivity index (χ4v) is 6.58. The monoisotopic (exact) mass is 646 g/mol. The summed E-state index contributed by atoms with van der Waals surface area (Å²) in [5.41, 5.74) is 0. The van der Waals surface area contributed by atoms with Gasteiger partial charge in [0, 0.05) is 0 Å². The number of thioether (sulfide) groups is 4. The predicted octanol–water partition coefficient (Wildman–Crippen LogP) is 2.49. The van der Waals surface area contributed by atoms with E-state index in [-0.39, 0.29) is 36.1 Å². The molecule has 33 heavy (non-hydrogen) atoms. The molecule has 2 aliphatic rings. The van der Waals surface area contributed by atoms with E-state index in [2.05, 4.69) is 18.9 Å². The van der Waals surface area contributed by atoms with Gasteiger partial charge in [-0.25, -0.2) is 19.2 Å². The third kappa shape index (κ3) is 8.96. The summed E-state index contributed by atoms with van der Waals surface area (Å²) in [7, 11) is 4.91. The van der Waals surface area contributed by atoms with Gasteiger partial charge in [0.15, 0.2) is 0 Å². The molecule has 0 radical (unpaired) electrons. The average Bonchev–Trinajstić information content (AvgIpc) is 2.80. The van der Waals surface area contributed by atoms with Crippen molar-refractivity contribution in [3.8, 4) is 0 Å².